The summed E-state index contributed by atoms with van der Waals surface area (Å²) in [6, 6.07) is 0.166. The fourth-order valence-electron chi connectivity index (χ4n) is 2.39. The molecule has 3 atom stereocenters. The van der Waals surface area contributed by atoms with Crippen LogP contribution in [0.3, 0.4) is 0 Å². The van der Waals surface area contributed by atoms with E-state index in [1.165, 1.54) is 0 Å². The average Bonchev–Trinajstić information content (AvgIpc) is 2.28. The van der Waals surface area contributed by atoms with Crippen molar-refractivity contribution in [2.24, 2.45) is 5.73 Å². The smallest absolute Gasteiger partial charge is 0.323 e. The number of rotatable bonds is 5. The van der Waals surface area contributed by atoms with Crippen molar-refractivity contribution in [1.29, 1.82) is 0 Å². The van der Waals surface area contributed by atoms with Crippen molar-refractivity contribution in [2.75, 3.05) is 20.2 Å². The highest BCUT2D eigenvalue weighted by Crippen LogP contribution is 2.20. The molecule has 1 heterocycles. The van der Waals surface area contributed by atoms with E-state index >= 15 is 0 Å². The van der Waals surface area contributed by atoms with E-state index < -0.39 is 11.5 Å². The number of nitrogens with zero attached hydrogens (tertiary/aromatic N) is 1. The lowest BCUT2D eigenvalue weighted by Gasteiger charge is -2.38. The van der Waals surface area contributed by atoms with Crippen LogP contribution in [0.1, 0.15) is 33.1 Å². The predicted molar refractivity (Wildman–Crippen MR) is 65.9 cm³/mol. The summed E-state index contributed by atoms with van der Waals surface area (Å²) in [7, 11) is 1.73. The first-order valence-electron chi connectivity index (χ1n) is 6.16. The Bertz CT molecular complexity index is 268. The van der Waals surface area contributed by atoms with Crippen LogP contribution in [0.2, 0.25) is 0 Å². The van der Waals surface area contributed by atoms with Gasteiger partial charge in [-0.05, 0) is 39.7 Å². The molecule has 0 bridgehead atoms. The van der Waals surface area contributed by atoms with E-state index in [1.54, 1.807) is 14.0 Å². The molecule has 0 amide bonds. The van der Waals surface area contributed by atoms with Crippen molar-refractivity contribution in [3.63, 3.8) is 0 Å². The highest BCUT2D eigenvalue weighted by molar-refractivity contribution is 5.77. The Labute approximate surface area is 103 Å². The molecule has 0 saturated carbocycles. The van der Waals surface area contributed by atoms with Gasteiger partial charge < -0.3 is 15.6 Å². The number of nitrogens with two attached hydrogens (primary N) is 1. The molecule has 0 aromatic heterocycles. The zero-order valence-electron chi connectivity index (χ0n) is 11.0. The van der Waals surface area contributed by atoms with Crippen LogP contribution in [0.15, 0.2) is 0 Å². The minimum absolute atomic E-state index is 0.166. The summed E-state index contributed by atoms with van der Waals surface area (Å²) in [5, 5.41) is 9.02. The molecule has 100 valence electrons. The zero-order chi connectivity index (χ0) is 13.1. The third kappa shape index (κ3) is 3.94. The normalized spacial score (nSPS) is 27.4. The van der Waals surface area contributed by atoms with Crippen LogP contribution in [0.4, 0.5) is 0 Å². The van der Waals surface area contributed by atoms with Gasteiger partial charge in [0, 0.05) is 19.7 Å². The van der Waals surface area contributed by atoms with Gasteiger partial charge in [0.25, 0.3) is 0 Å². The summed E-state index contributed by atoms with van der Waals surface area (Å²) in [5.74, 6) is -0.940. The number of likely N-dealkylation sites (tertiary alicyclic amines) is 1. The Morgan fingerprint density at radius 1 is 1.71 bits per heavy atom. The molecular weight excluding hydrogens is 220 g/mol. The molecule has 0 spiro atoms. The van der Waals surface area contributed by atoms with E-state index in [-0.39, 0.29) is 12.1 Å². The summed E-state index contributed by atoms with van der Waals surface area (Å²) in [5.41, 5.74) is 4.62. The topological polar surface area (TPSA) is 75.8 Å². The van der Waals surface area contributed by atoms with E-state index in [0.717, 1.165) is 25.9 Å². The molecule has 5 heteroatoms. The van der Waals surface area contributed by atoms with E-state index in [4.69, 9.17) is 15.6 Å². The number of methoxy groups -OCH3 is 1. The maximum atomic E-state index is 11.0. The average molecular weight is 244 g/mol. The SMILES string of the molecule is COC1CCCN(C(C)CC(C)(N)C(=O)O)C1. The lowest BCUT2D eigenvalue weighted by atomic mass is 9.93. The highest BCUT2D eigenvalue weighted by Gasteiger charge is 2.33. The van der Waals surface area contributed by atoms with Gasteiger partial charge in [0.15, 0.2) is 0 Å². The number of piperidine rings is 1. The molecule has 5 nitrogen and oxygen atoms in total. The molecule has 1 rings (SSSR count). The van der Waals surface area contributed by atoms with Crippen LogP contribution < -0.4 is 5.73 Å². The molecule has 0 aliphatic carbocycles. The van der Waals surface area contributed by atoms with Crippen molar-refractivity contribution >= 4 is 5.97 Å². The highest BCUT2D eigenvalue weighted by atomic mass is 16.5. The molecule has 0 aromatic carbocycles. The van der Waals surface area contributed by atoms with Gasteiger partial charge >= 0.3 is 5.97 Å². The molecule has 1 aliphatic heterocycles. The Hall–Kier alpha value is -0.650. The summed E-state index contributed by atoms with van der Waals surface area (Å²) in [6.45, 7) is 5.47. The quantitative estimate of drug-likeness (QED) is 0.743. The summed E-state index contributed by atoms with van der Waals surface area (Å²) >= 11 is 0. The molecule has 1 aliphatic rings. The van der Waals surface area contributed by atoms with Crippen molar-refractivity contribution in [2.45, 2.75) is 50.8 Å². The van der Waals surface area contributed by atoms with Gasteiger partial charge in [-0.1, -0.05) is 0 Å². The second-order valence-electron chi connectivity index (χ2n) is 5.27. The Morgan fingerprint density at radius 3 is 2.88 bits per heavy atom. The van der Waals surface area contributed by atoms with Crippen LogP contribution >= 0.6 is 0 Å². The number of ether oxygens (including phenoxy) is 1. The molecule has 3 unspecified atom stereocenters. The fraction of sp³-hybridized carbons (Fsp3) is 0.917. The van der Waals surface area contributed by atoms with E-state index in [2.05, 4.69) is 4.90 Å². The minimum atomic E-state index is -1.15. The molecule has 0 radical (unpaired) electrons. The fourth-order valence-corrected chi connectivity index (χ4v) is 2.39. The minimum Gasteiger partial charge on any atom is -0.480 e. The van der Waals surface area contributed by atoms with Crippen molar-refractivity contribution in [1.82, 2.24) is 4.90 Å². The van der Waals surface area contributed by atoms with Crippen LogP contribution in [-0.2, 0) is 9.53 Å². The van der Waals surface area contributed by atoms with Crippen molar-refractivity contribution in [3.05, 3.63) is 0 Å². The first kappa shape index (κ1) is 14.4. The van der Waals surface area contributed by atoms with Crippen LogP contribution in [0, 0.1) is 0 Å². The summed E-state index contributed by atoms with van der Waals surface area (Å²) in [6.07, 6.45) is 2.90. The van der Waals surface area contributed by atoms with E-state index in [9.17, 15) is 4.79 Å². The van der Waals surface area contributed by atoms with Crippen LogP contribution in [0.25, 0.3) is 0 Å². The number of carboxylic acid groups (broad SMARTS) is 1. The van der Waals surface area contributed by atoms with Gasteiger partial charge in [0.1, 0.15) is 5.54 Å². The van der Waals surface area contributed by atoms with Gasteiger partial charge in [-0.3, -0.25) is 9.69 Å². The van der Waals surface area contributed by atoms with Crippen molar-refractivity contribution < 1.29 is 14.6 Å². The Kier molecular flexibility index (Phi) is 4.91. The van der Waals surface area contributed by atoms with Gasteiger partial charge in [-0.2, -0.15) is 0 Å². The van der Waals surface area contributed by atoms with E-state index in [1.807, 2.05) is 6.92 Å². The van der Waals surface area contributed by atoms with Gasteiger partial charge in [0.05, 0.1) is 6.10 Å². The van der Waals surface area contributed by atoms with Gasteiger partial charge in [-0.25, -0.2) is 0 Å². The van der Waals surface area contributed by atoms with Gasteiger partial charge in [0.2, 0.25) is 0 Å². The Morgan fingerprint density at radius 2 is 2.35 bits per heavy atom. The van der Waals surface area contributed by atoms with Crippen LogP contribution in [0.5, 0.6) is 0 Å². The molecule has 1 fully saturated rings. The first-order chi connectivity index (χ1) is 7.86. The molecule has 0 aromatic rings. The lowest BCUT2D eigenvalue weighted by molar-refractivity contribution is -0.143. The summed E-state index contributed by atoms with van der Waals surface area (Å²) < 4.78 is 5.36. The standard InChI is InChI=1S/C12H24N2O3/c1-9(7-12(2,13)11(15)16)14-6-4-5-10(8-14)17-3/h9-10H,4-8,13H2,1-3H3,(H,15,16). The second-order valence-corrected chi connectivity index (χ2v) is 5.27. The summed E-state index contributed by atoms with van der Waals surface area (Å²) in [4.78, 5) is 13.3. The lowest BCUT2D eigenvalue weighted by Crippen LogP contribution is -2.52. The first-order valence-corrected chi connectivity index (χ1v) is 6.16. The number of aliphatic carboxylic acids is 1. The number of carboxylic acids is 1. The van der Waals surface area contributed by atoms with Crippen molar-refractivity contribution in [3.8, 4) is 0 Å². The number of hydrogen-bond donors (Lipinski definition) is 2. The maximum Gasteiger partial charge on any atom is 0.323 e. The molecule has 17 heavy (non-hydrogen) atoms. The van der Waals surface area contributed by atoms with Gasteiger partial charge in [-0.15, -0.1) is 0 Å². The molecule has 3 N–H and O–H groups in total. The molecule has 1 saturated heterocycles. The largest absolute Gasteiger partial charge is 0.480 e. The van der Waals surface area contributed by atoms with E-state index in [0.29, 0.717) is 6.42 Å². The maximum absolute atomic E-state index is 11.0. The predicted octanol–water partition coefficient (Wildman–Crippen LogP) is 0.678. The molecular formula is C12H24N2O3. The zero-order valence-corrected chi connectivity index (χ0v) is 11.0. The third-order valence-electron chi connectivity index (χ3n) is 3.57. The number of carbonyl (C=O) groups is 1. The number of hydrogen-bond acceptors (Lipinski definition) is 4. The van der Waals surface area contributed by atoms with Crippen LogP contribution in [-0.4, -0.2) is 53.9 Å². The third-order valence-corrected chi connectivity index (χ3v) is 3.57. The second kappa shape index (κ2) is 5.80. The monoisotopic (exact) mass is 244 g/mol. The Balaban J connectivity index is 2.52.